The minimum atomic E-state index is -1.85. The highest BCUT2D eigenvalue weighted by Crippen LogP contribution is 2.57. The molecule has 1 heterocycles. The Balaban J connectivity index is 0.00000320. The van der Waals surface area contributed by atoms with E-state index >= 15 is 0 Å². The van der Waals surface area contributed by atoms with Crippen LogP contribution in [0.25, 0.3) is 0 Å². The number of hydrogen-bond donors (Lipinski definition) is 0. The summed E-state index contributed by atoms with van der Waals surface area (Å²) in [5.41, 5.74) is 1.02. The third kappa shape index (κ3) is 6.42. The van der Waals surface area contributed by atoms with Crippen molar-refractivity contribution in [1.29, 1.82) is 0 Å². The highest BCUT2D eigenvalue weighted by Gasteiger charge is 2.47. The van der Waals surface area contributed by atoms with Crippen LogP contribution in [0.15, 0.2) is 121 Å². The van der Waals surface area contributed by atoms with Crippen LogP contribution in [0, 0.1) is 5.92 Å². The number of hydrogen-bond acceptors (Lipinski definition) is 2. The number of halogens is 1. The minimum Gasteiger partial charge on any atom is -1.00 e. The molecule has 4 aromatic rings. The van der Waals surface area contributed by atoms with Gasteiger partial charge in [0.1, 0.15) is 29.8 Å². The van der Waals surface area contributed by atoms with Gasteiger partial charge in [0.05, 0.1) is 6.16 Å². The minimum absolute atomic E-state index is 0. The molecule has 5 rings (SSSR count). The van der Waals surface area contributed by atoms with E-state index in [0.29, 0.717) is 12.5 Å². The number of carbonyl (C=O) groups is 1. The summed E-state index contributed by atoms with van der Waals surface area (Å²) in [6, 6.07) is 43.1. The van der Waals surface area contributed by atoms with Crippen molar-refractivity contribution in [2.45, 2.75) is 19.4 Å². The summed E-state index contributed by atoms with van der Waals surface area (Å²) in [6.07, 6.45) is 2.90. The molecular weight excluding hydrogens is 588 g/mol. The Labute approximate surface area is 238 Å². The molecule has 1 saturated heterocycles. The van der Waals surface area contributed by atoms with E-state index < -0.39 is 7.26 Å². The first-order valence-corrected chi connectivity index (χ1v) is 14.7. The zero-order valence-electron chi connectivity index (χ0n) is 21.0. The van der Waals surface area contributed by atoms with Gasteiger partial charge in [0.25, 0.3) is 0 Å². The first-order valence-electron chi connectivity index (χ1n) is 12.8. The van der Waals surface area contributed by atoms with Gasteiger partial charge in [-0.3, -0.25) is 0 Å². The molecule has 0 unspecified atom stereocenters. The zero-order chi connectivity index (χ0) is 24.6. The molecule has 4 aromatic carbocycles. The monoisotopic (exact) mass is 621 g/mol. The van der Waals surface area contributed by atoms with Gasteiger partial charge in [0, 0.05) is 13.1 Å². The van der Waals surface area contributed by atoms with Crippen LogP contribution in [-0.4, -0.2) is 30.2 Å². The van der Waals surface area contributed by atoms with Crippen LogP contribution >= 0.6 is 7.26 Å². The lowest BCUT2D eigenvalue weighted by atomic mass is 9.99. The average Bonchev–Trinajstić information content (AvgIpc) is 2.97. The quantitative estimate of drug-likeness (QED) is 0.235. The lowest BCUT2D eigenvalue weighted by molar-refractivity contribution is -0.0000153. The van der Waals surface area contributed by atoms with E-state index in [0.717, 1.165) is 37.7 Å². The van der Waals surface area contributed by atoms with Crippen molar-refractivity contribution in [3.05, 3.63) is 127 Å². The molecule has 0 saturated carbocycles. The average molecular weight is 621 g/mol. The fourth-order valence-corrected chi connectivity index (χ4v) is 10.0. The van der Waals surface area contributed by atoms with Crippen LogP contribution in [-0.2, 0) is 11.3 Å². The lowest BCUT2D eigenvalue weighted by Crippen LogP contribution is -3.00. The molecule has 1 aliphatic heterocycles. The molecule has 37 heavy (non-hydrogen) atoms. The SMILES string of the molecule is O=C(OCc1ccccc1)N1CCC(C[P+](c2ccccc2)(c2ccccc2)c2ccccc2)CC1.[I-]. The molecule has 3 nitrogen and oxygen atoms in total. The molecule has 190 valence electrons. The van der Waals surface area contributed by atoms with Gasteiger partial charge < -0.3 is 33.6 Å². The van der Waals surface area contributed by atoms with E-state index in [-0.39, 0.29) is 30.1 Å². The van der Waals surface area contributed by atoms with Gasteiger partial charge in [-0.15, -0.1) is 0 Å². The Bertz CT molecular complexity index is 1130. The second-order valence-electron chi connectivity index (χ2n) is 9.47. The van der Waals surface area contributed by atoms with Crippen LogP contribution in [0.5, 0.6) is 0 Å². The fourth-order valence-electron chi connectivity index (χ4n) is 5.31. The number of ether oxygens (including phenoxy) is 1. The Morgan fingerprint density at radius 2 is 1.08 bits per heavy atom. The maximum atomic E-state index is 12.7. The van der Waals surface area contributed by atoms with Gasteiger partial charge in [0.15, 0.2) is 0 Å². The molecule has 0 aromatic heterocycles. The highest BCUT2D eigenvalue weighted by molar-refractivity contribution is 7.95. The third-order valence-corrected chi connectivity index (χ3v) is 11.8. The summed E-state index contributed by atoms with van der Waals surface area (Å²) >= 11 is 0. The maximum absolute atomic E-state index is 12.7. The summed E-state index contributed by atoms with van der Waals surface area (Å²) in [5, 5.41) is 4.27. The molecule has 0 aliphatic carbocycles. The van der Waals surface area contributed by atoms with E-state index in [9.17, 15) is 4.79 Å². The number of amides is 1. The van der Waals surface area contributed by atoms with E-state index in [1.807, 2.05) is 35.2 Å². The van der Waals surface area contributed by atoms with Crippen molar-refractivity contribution in [3.8, 4) is 0 Å². The van der Waals surface area contributed by atoms with Crippen LogP contribution < -0.4 is 39.9 Å². The van der Waals surface area contributed by atoms with Crippen LogP contribution in [0.1, 0.15) is 18.4 Å². The summed E-state index contributed by atoms with van der Waals surface area (Å²) in [6.45, 7) is 1.82. The van der Waals surface area contributed by atoms with Gasteiger partial charge in [-0.1, -0.05) is 84.9 Å². The lowest BCUT2D eigenvalue weighted by Gasteiger charge is -2.35. The molecule has 0 atom stereocenters. The Morgan fingerprint density at radius 1 is 0.676 bits per heavy atom. The number of rotatable bonds is 7. The van der Waals surface area contributed by atoms with Crippen molar-refractivity contribution in [3.63, 3.8) is 0 Å². The second-order valence-corrected chi connectivity index (χ2v) is 13.0. The summed E-state index contributed by atoms with van der Waals surface area (Å²) in [5.74, 6) is 0.539. The van der Waals surface area contributed by atoms with Crippen molar-refractivity contribution in [1.82, 2.24) is 4.90 Å². The Hall–Kier alpha value is -2.69. The van der Waals surface area contributed by atoms with Crippen LogP contribution in [0.3, 0.4) is 0 Å². The maximum Gasteiger partial charge on any atom is 0.410 e. The summed E-state index contributed by atoms with van der Waals surface area (Å²) < 4.78 is 5.61. The molecule has 0 bridgehead atoms. The van der Waals surface area contributed by atoms with Crippen molar-refractivity contribution >= 4 is 29.3 Å². The molecule has 1 amide bonds. The predicted octanol–water partition coefficient (Wildman–Crippen LogP) is 3.03. The van der Waals surface area contributed by atoms with E-state index in [4.69, 9.17) is 4.74 Å². The van der Waals surface area contributed by atoms with Crippen LogP contribution in [0.2, 0.25) is 0 Å². The topological polar surface area (TPSA) is 29.5 Å². The predicted molar refractivity (Wildman–Crippen MR) is 151 cm³/mol. The smallest absolute Gasteiger partial charge is 0.410 e. The van der Waals surface area contributed by atoms with Gasteiger partial charge in [-0.05, 0) is 60.7 Å². The number of benzene rings is 4. The summed E-state index contributed by atoms with van der Waals surface area (Å²) in [7, 11) is -1.85. The number of piperidine rings is 1. The fraction of sp³-hybridized carbons (Fsp3) is 0.219. The molecule has 1 fully saturated rings. The van der Waals surface area contributed by atoms with E-state index in [1.165, 1.54) is 15.9 Å². The molecule has 0 radical (unpaired) electrons. The van der Waals surface area contributed by atoms with E-state index in [2.05, 4.69) is 91.0 Å². The van der Waals surface area contributed by atoms with Gasteiger partial charge in [-0.25, -0.2) is 4.79 Å². The summed E-state index contributed by atoms with van der Waals surface area (Å²) in [4.78, 5) is 14.6. The first kappa shape index (κ1) is 27.3. The van der Waals surface area contributed by atoms with E-state index in [1.54, 1.807) is 0 Å². The van der Waals surface area contributed by atoms with Crippen molar-refractivity contribution < 1.29 is 33.5 Å². The Morgan fingerprint density at radius 3 is 1.51 bits per heavy atom. The molecular formula is C32H33INO2P. The third-order valence-electron chi connectivity index (χ3n) is 7.20. The van der Waals surface area contributed by atoms with Crippen molar-refractivity contribution in [2.24, 2.45) is 5.92 Å². The Kier molecular flexibility index (Phi) is 9.76. The van der Waals surface area contributed by atoms with Gasteiger partial charge in [0.2, 0.25) is 0 Å². The standard InChI is InChI=1S/C32H33NO2P.HI/c34-32(35-25-27-13-5-1-6-14-27)33-23-21-28(22-24-33)26-36(29-15-7-2-8-16-29,30-17-9-3-10-18-30)31-19-11-4-12-20-31;/h1-20,28H,21-26H2;1H/q+1;/p-1. The van der Waals surface area contributed by atoms with Crippen LogP contribution in [0.4, 0.5) is 4.79 Å². The molecule has 0 N–H and O–H groups in total. The number of likely N-dealkylation sites (tertiary alicyclic amines) is 1. The zero-order valence-corrected chi connectivity index (χ0v) is 24.0. The van der Waals surface area contributed by atoms with Gasteiger partial charge in [-0.2, -0.15) is 0 Å². The van der Waals surface area contributed by atoms with Crippen molar-refractivity contribution in [2.75, 3.05) is 19.3 Å². The normalized spacial score (nSPS) is 14.0. The molecule has 0 spiro atoms. The van der Waals surface area contributed by atoms with Gasteiger partial charge >= 0.3 is 6.09 Å². The second kappa shape index (κ2) is 13.2. The highest BCUT2D eigenvalue weighted by atomic mass is 127. The molecule has 1 aliphatic rings. The largest absolute Gasteiger partial charge is 1.00 e. The first-order chi connectivity index (χ1) is 17.8. The number of nitrogens with zero attached hydrogens (tertiary/aromatic N) is 1. The molecule has 5 heteroatoms. The number of carbonyl (C=O) groups excluding carboxylic acids is 1.